The molecule has 0 aromatic heterocycles. The third-order valence-corrected chi connectivity index (χ3v) is 3.00. The fraction of sp³-hybridized carbons (Fsp3) is 0.875. The minimum atomic E-state index is 0.165. The van der Waals surface area contributed by atoms with Crippen LogP contribution in [0.25, 0.3) is 0 Å². The van der Waals surface area contributed by atoms with E-state index in [2.05, 4.69) is 6.92 Å². The zero-order chi connectivity index (χ0) is 6.48. The molecule has 2 rings (SSSR count). The van der Waals surface area contributed by atoms with Crippen LogP contribution in [0.4, 0.5) is 0 Å². The van der Waals surface area contributed by atoms with Crippen molar-refractivity contribution in [2.45, 2.75) is 32.6 Å². The van der Waals surface area contributed by atoms with E-state index in [0.717, 1.165) is 18.8 Å². The number of carbonyl (C=O) groups excluding carboxylic acids is 1. The van der Waals surface area contributed by atoms with Gasteiger partial charge in [0.05, 0.1) is 0 Å². The van der Waals surface area contributed by atoms with E-state index in [0.29, 0.717) is 5.78 Å². The van der Waals surface area contributed by atoms with E-state index in [4.69, 9.17) is 0 Å². The van der Waals surface area contributed by atoms with Crippen molar-refractivity contribution in [3.8, 4) is 0 Å². The van der Waals surface area contributed by atoms with Crippen LogP contribution in [0, 0.1) is 11.3 Å². The molecular formula is C8H12O. The van der Waals surface area contributed by atoms with Crippen molar-refractivity contribution in [3.05, 3.63) is 0 Å². The molecule has 2 fully saturated rings. The van der Waals surface area contributed by atoms with E-state index in [1.54, 1.807) is 0 Å². The zero-order valence-electron chi connectivity index (χ0n) is 5.81. The number of fused-ring (bicyclic) bond motifs is 1. The van der Waals surface area contributed by atoms with Crippen molar-refractivity contribution in [3.63, 3.8) is 0 Å². The van der Waals surface area contributed by atoms with Crippen LogP contribution in [-0.4, -0.2) is 5.78 Å². The summed E-state index contributed by atoms with van der Waals surface area (Å²) >= 11 is 0. The summed E-state index contributed by atoms with van der Waals surface area (Å²) in [5, 5.41) is 0. The third-order valence-electron chi connectivity index (χ3n) is 3.00. The highest BCUT2D eigenvalue weighted by Crippen LogP contribution is 2.58. The van der Waals surface area contributed by atoms with Gasteiger partial charge in [-0.05, 0) is 25.2 Å². The molecule has 50 valence electrons. The molecule has 9 heavy (non-hydrogen) atoms. The number of ketones is 1. The molecular weight excluding hydrogens is 112 g/mol. The van der Waals surface area contributed by atoms with Gasteiger partial charge in [-0.15, -0.1) is 0 Å². The fourth-order valence-electron chi connectivity index (χ4n) is 2.01. The average molecular weight is 124 g/mol. The van der Waals surface area contributed by atoms with Gasteiger partial charge in [0.2, 0.25) is 0 Å². The number of hydrogen-bond acceptors (Lipinski definition) is 1. The van der Waals surface area contributed by atoms with Crippen LogP contribution in [0.1, 0.15) is 32.6 Å². The molecule has 0 aromatic rings. The maximum absolute atomic E-state index is 11.2. The number of Topliss-reactive ketones (excluding diaryl/α,β-unsaturated/α-hetero) is 1. The quantitative estimate of drug-likeness (QED) is 0.481. The van der Waals surface area contributed by atoms with Crippen molar-refractivity contribution in [1.82, 2.24) is 0 Å². The highest BCUT2D eigenvalue weighted by Gasteiger charge is 2.56. The topological polar surface area (TPSA) is 17.1 Å². The zero-order valence-corrected chi connectivity index (χ0v) is 5.81. The van der Waals surface area contributed by atoms with Crippen LogP contribution in [0.2, 0.25) is 0 Å². The molecule has 0 spiro atoms. The summed E-state index contributed by atoms with van der Waals surface area (Å²) in [5.41, 5.74) is 0.165. The van der Waals surface area contributed by atoms with Crippen molar-refractivity contribution in [2.24, 2.45) is 11.3 Å². The van der Waals surface area contributed by atoms with E-state index < -0.39 is 0 Å². The summed E-state index contributed by atoms with van der Waals surface area (Å²) in [4.78, 5) is 11.2. The van der Waals surface area contributed by atoms with Gasteiger partial charge in [-0.1, -0.05) is 6.92 Å². The molecule has 0 bridgehead atoms. The molecule has 0 aromatic carbocycles. The van der Waals surface area contributed by atoms with Crippen LogP contribution >= 0.6 is 0 Å². The van der Waals surface area contributed by atoms with Crippen LogP contribution < -0.4 is 0 Å². The van der Waals surface area contributed by atoms with E-state index in [9.17, 15) is 4.79 Å². The predicted octanol–water partition coefficient (Wildman–Crippen LogP) is 1.77. The Bertz CT molecular complexity index is 162. The lowest BCUT2D eigenvalue weighted by Crippen LogP contribution is -2.18. The molecule has 2 atom stereocenters. The van der Waals surface area contributed by atoms with Crippen LogP contribution in [0.3, 0.4) is 0 Å². The largest absolute Gasteiger partial charge is 0.299 e. The second-order valence-corrected chi connectivity index (χ2v) is 3.63. The Hall–Kier alpha value is -0.330. The second kappa shape index (κ2) is 1.39. The first-order valence-electron chi connectivity index (χ1n) is 3.77. The van der Waals surface area contributed by atoms with E-state index in [1.807, 2.05) is 0 Å². The highest BCUT2D eigenvalue weighted by atomic mass is 16.1. The van der Waals surface area contributed by atoms with Crippen LogP contribution in [-0.2, 0) is 4.79 Å². The highest BCUT2D eigenvalue weighted by molar-refractivity contribution is 5.88. The molecule has 0 aliphatic heterocycles. The van der Waals surface area contributed by atoms with Crippen LogP contribution in [0.15, 0.2) is 0 Å². The van der Waals surface area contributed by atoms with Gasteiger partial charge >= 0.3 is 0 Å². The lowest BCUT2D eigenvalue weighted by atomic mass is 9.89. The molecule has 0 unspecified atom stereocenters. The van der Waals surface area contributed by atoms with Gasteiger partial charge < -0.3 is 0 Å². The minimum Gasteiger partial charge on any atom is -0.299 e. The number of carbonyl (C=O) groups is 1. The van der Waals surface area contributed by atoms with Gasteiger partial charge in [0.25, 0.3) is 0 Å². The van der Waals surface area contributed by atoms with E-state index in [-0.39, 0.29) is 5.41 Å². The van der Waals surface area contributed by atoms with Crippen LogP contribution in [0.5, 0.6) is 0 Å². The fourth-order valence-corrected chi connectivity index (χ4v) is 2.01. The van der Waals surface area contributed by atoms with Crippen molar-refractivity contribution >= 4 is 5.78 Å². The first-order valence-corrected chi connectivity index (χ1v) is 3.77. The second-order valence-electron chi connectivity index (χ2n) is 3.63. The first-order chi connectivity index (χ1) is 4.23. The maximum atomic E-state index is 11.2. The van der Waals surface area contributed by atoms with E-state index in [1.165, 1.54) is 12.8 Å². The lowest BCUT2D eigenvalue weighted by molar-refractivity contribution is -0.125. The van der Waals surface area contributed by atoms with Gasteiger partial charge in [-0.25, -0.2) is 0 Å². The summed E-state index contributed by atoms with van der Waals surface area (Å²) in [6, 6.07) is 0. The summed E-state index contributed by atoms with van der Waals surface area (Å²) in [6.45, 7) is 2.12. The van der Waals surface area contributed by atoms with Gasteiger partial charge in [-0.2, -0.15) is 0 Å². The predicted molar refractivity (Wildman–Crippen MR) is 35.1 cm³/mol. The maximum Gasteiger partial charge on any atom is 0.139 e. The molecule has 0 saturated heterocycles. The standard InChI is InChI=1S/C8H12O/c1-8-5-6(8)3-2-4-7(8)9/h6H,2-5H2,1H3/t6-,8-/m1/s1. The third kappa shape index (κ3) is 0.577. The summed E-state index contributed by atoms with van der Waals surface area (Å²) < 4.78 is 0. The smallest absolute Gasteiger partial charge is 0.139 e. The Morgan fingerprint density at radius 3 is 3.00 bits per heavy atom. The molecule has 0 amide bonds. The Kier molecular flexibility index (Phi) is 0.842. The Morgan fingerprint density at radius 2 is 2.44 bits per heavy atom. The molecule has 2 aliphatic carbocycles. The number of hydrogen-bond donors (Lipinski definition) is 0. The molecule has 0 radical (unpaired) electrons. The summed E-state index contributed by atoms with van der Waals surface area (Å²) in [6.07, 6.45) is 4.50. The molecule has 1 heteroatoms. The molecule has 0 N–H and O–H groups in total. The van der Waals surface area contributed by atoms with Gasteiger partial charge in [0.15, 0.2) is 0 Å². The Labute approximate surface area is 55.4 Å². The Morgan fingerprint density at radius 1 is 1.67 bits per heavy atom. The molecule has 2 saturated carbocycles. The van der Waals surface area contributed by atoms with Gasteiger partial charge in [0.1, 0.15) is 5.78 Å². The molecule has 2 aliphatic rings. The van der Waals surface area contributed by atoms with Crippen molar-refractivity contribution in [2.75, 3.05) is 0 Å². The van der Waals surface area contributed by atoms with E-state index >= 15 is 0 Å². The normalized spacial score (nSPS) is 48.6. The van der Waals surface area contributed by atoms with Gasteiger partial charge in [0, 0.05) is 11.8 Å². The molecule has 1 nitrogen and oxygen atoms in total. The number of rotatable bonds is 0. The van der Waals surface area contributed by atoms with Gasteiger partial charge in [-0.3, -0.25) is 4.79 Å². The molecule has 0 heterocycles. The average Bonchev–Trinajstić information content (AvgIpc) is 2.44. The van der Waals surface area contributed by atoms with Crippen molar-refractivity contribution in [1.29, 1.82) is 0 Å². The monoisotopic (exact) mass is 124 g/mol. The summed E-state index contributed by atoms with van der Waals surface area (Å²) in [7, 11) is 0. The SMILES string of the molecule is C[C@@]12C[C@H]1CCCC2=O. The first kappa shape index (κ1) is 5.45. The summed E-state index contributed by atoms with van der Waals surface area (Å²) in [5.74, 6) is 1.30. The minimum absolute atomic E-state index is 0.165. The van der Waals surface area contributed by atoms with Crippen molar-refractivity contribution < 1.29 is 4.79 Å². The Balaban J connectivity index is 2.19. The lowest BCUT2D eigenvalue weighted by Gasteiger charge is -2.14.